The van der Waals surface area contributed by atoms with Gasteiger partial charge in [-0.25, -0.2) is 0 Å². The van der Waals surface area contributed by atoms with Gasteiger partial charge in [-0.15, -0.1) is 0 Å². The van der Waals surface area contributed by atoms with Crippen molar-refractivity contribution < 1.29 is 4.92 Å². The maximum absolute atomic E-state index is 10.8. The molecule has 30 heavy (non-hydrogen) atoms. The molecule has 2 aromatic heterocycles. The Morgan fingerprint density at radius 3 is 2.13 bits per heavy atom. The number of allylic oxidation sites excluding steroid dienone is 1. The Morgan fingerprint density at radius 1 is 1.03 bits per heavy atom. The number of aryl methyl sites for hydroxylation is 2. The summed E-state index contributed by atoms with van der Waals surface area (Å²) in [5.74, 6) is 0.509. The van der Waals surface area contributed by atoms with Crippen LogP contribution in [0, 0.1) is 10.1 Å². The predicted octanol–water partition coefficient (Wildman–Crippen LogP) is 6.00. The number of fused-ring (bicyclic) bond motifs is 2. The predicted molar refractivity (Wildman–Crippen MR) is 126 cm³/mol. The van der Waals surface area contributed by atoms with E-state index in [0.29, 0.717) is 5.92 Å². The first-order chi connectivity index (χ1) is 14.1. The molecule has 0 saturated carbocycles. The molecule has 0 atom stereocenters. The van der Waals surface area contributed by atoms with Crippen LogP contribution in [0.5, 0.6) is 0 Å². The smallest absolute Gasteiger partial charge is 0.270 e. The lowest BCUT2D eigenvalue weighted by atomic mass is 10.00. The standard InChI is InChI=1S/C12H12N2O2.C12H16N2/c1-8(2)11-7-10(14(15)16)6-9-4-5-13(3)12(9)11;1-8(2)11-7-10(13)6-9-4-5-14(3)12(9)11/h4-7H,1H2,2-3H3;4-8H,13H2,1-3H3. The van der Waals surface area contributed by atoms with Gasteiger partial charge in [0.1, 0.15) is 0 Å². The number of nitro groups is 1. The quantitative estimate of drug-likeness (QED) is 0.258. The molecule has 0 saturated heterocycles. The Bertz CT molecular complexity index is 1260. The highest BCUT2D eigenvalue weighted by atomic mass is 16.6. The van der Waals surface area contributed by atoms with Crippen molar-refractivity contribution in [1.82, 2.24) is 9.13 Å². The molecule has 0 bridgehead atoms. The molecule has 0 spiro atoms. The summed E-state index contributed by atoms with van der Waals surface area (Å²) in [6.45, 7) is 10.1. The zero-order chi connectivity index (χ0) is 22.2. The largest absolute Gasteiger partial charge is 0.399 e. The van der Waals surface area contributed by atoms with Gasteiger partial charge in [0.25, 0.3) is 5.69 Å². The molecule has 156 valence electrons. The Balaban J connectivity index is 0.000000172. The van der Waals surface area contributed by atoms with Gasteiger partial charge in [-0.05, 0) is 48.2 Å². The van der Waals surface area contributed by atoms with Crippen LogP contribution in [0.1, 0.15) is 37.8 Å². The topological polar surface area (TPSA) is 79.0 Å². The van der Waals surface area contributed by atoms with Gasteiger partial charge in [-0.1, -0.05) is 20.4 Å². The summed E-state index contributed by atoms with van der Waals surface area (Å²) < 4.78 is 4.10. The van der Waals surface area contributed by atoms with E-state index >= 15 is 0 Å². The molecular formula is C24H28N4O2. The van der Waals surface area contributed by atoms with Crippen molar-refractivity contribution in [2.75, 3.05) is 5.73 Å². The Hall–Kier alpha value is -3.54. The molecule has 0 aliphatic rings. The van der Waals surface area contributed by atoms with Crippen molar-refractivity contribution in [3.05, 3.63) is 76.6 Å². The zero-order valence-electron chi connectivity index (χ0n) is 18.1. The summed E-state index contributed by atoms with van der Waals surface area (Å²) in [5.41, 5.74) is 12.1. The van der Waals surface area contributed by atoms with E-state index in [1.165, 1.54) is 16.5 Å². The van der Waals surface area contributed by atoms with Crippen molar-refractivity contribution in [2.24, 2.45) is 14.1 Å². The summed E-state index contributed by atoms with van der Waals surface area (Å²) >= 11 is 0. The fraction of sp³-hybridized carbons (Fsp3) is 0.250. The van der Waals surface area contributed by atoms with Crippen LogP contribution in [0.15, 0.2) is 55.4 Å². The number of benzene rings is 2. The lowest BCUT2D eigenvalue weighted by Crippen LogP contribution is -1.96. The molecule has 0 aliphatic heterocycles. The normalized spacial score (nSPS) is 11.0. The van der Waals surface area contributed by atoms with E-state index < -0.39 is 0 Å². The van der Waals surface area contributed by atoms with Crippen LogP contribution in [0.2, 0.25) is 0 Å². The molecule has 6 nitrogen and oxygen atoms in total. The minimum absolute atomic E-state index is 0.108. The summed E-state index contributed by atoms with van der Waals surface area (Å²) in [6.07, 6.45) is 3.97. The van der Waals surface area contributed by atoms with Gasteiger partial charge in [-0.2, -0.15) is 0 Å². The van der Waals surface area contributed by atoms with Crippen molar-refractivity contribution >= 4 is 38.8 Å². The highest BCUT2D eigenvalue weighted by molar-refractivity contribution is 5.93. The van der Waals surface area contributed by atoms with Crippen molar-refractivity contribution in [3.8, 4) is 0 Å². The second-order valence-corrected chi connectivity index (χ2v) is 8.02. The number of hydrogen-bond acceptors (Lipinski definition) is 3. The number of rotatable bonds is 3. The maximum atomic E-state index is 10.8. The molecule has 0 aliphatic carbocycles. The molecule has 2 N–H and O–H groups in total. The van der Waals surface area contributed by atoms with E-state index in [0.717, 1.165) is 27.7 Å². The van der Waals surface area contributed by atoms with Crippen LogP contribution in [0.3, 0.4) is 0 Å². The number of nitro benzene ring substituents is 1. The number of nitrogen functional groups attached to an aromatic ring is 1. The molecule has 4 rings (SSSR count). The Labute approximate surface area is 176 Å². The zero-order valence-corrected chi connectivity index (χ0v) is 18.1. The average Bonchev–Trinajstić information content (AvgIpc) is 3.23. The molecular weight excluding hydrogens is 376 g/mol. The summed E-state index contributed by atoms with van der Waals surface area (Å²) in [7, 11) is 3.99. The molecule has 6 heteroatoms. The molecule has 0 amide bonds. The maximum Gasteiger partial charge on any atom is 0.270 e. The van der Waals surface area contributed by atoms with Gasteiger partial charge in [0, 0.05) is 60.6 Å². The fourth-order valence-electron chi connectivity index (χ4n) is 3.80. The van der Waals surface area contributed by atoms with Crippen molar-refractivity contribution in [1.29, 1.82) is 0 Å². The van der Waals surface area contributed by atoms with Gasteiger partial charge >= 0.3 is 0 Å². The Morgan fingerprint density at radius 2 is 1.60 bits per heavy atom. The van der Waals surface area contributed by atoms with Gasteiger partial charge in [0.15, 0.2) is 0 Å². The van der Waals surface area contributed by atoms with Gasteiger partial charge in [0.05, 0.1) is 16.0 Å². The van der Waals surface area contributed by atoms with Crippen LogP contribution in [-0.2, 0) is 14.1 Å². The minimum atomic E-state index is -0.376. The molecule has 2 aromatic carbocycles. The summed E-state index contributed by atoms with van der Waals surface area (Å²) in [6, 6.07) is 11.2. The van der Waals surface area contributed by atoms with Crippen LogP contribution < -0.4 is 5.73 Å². The highest BCUT2D eigenvalue weighted by Gasteiger charge is 2.14. The molecule has 2 heterocycles. The van der Waals surface area contributed by atoms with Gasteiger partial charge < -0.3 is 14.9 Å². The number of hydrogen-bond donors (Lipinski definition) is 1. The molecule has 0 radical (unpaired) electrons. The number of anilines is 1. The van der Waals surface area contributed by atoms with Crippen LogP contribution in [0.25, 0.3) is 27.4 Å². The third-order valence-corrected chi connectivity index (χ3v) is 5.27. The van der Waals surface area contributed by atoms with E-state index in [-0.39, 0.29) is 10.6 Å². The minimum Gasteiger partial charge on any atom is -0.399 e. The molecule has 0 fully saturated rings. The average molecular weight is 405 g/mol. The lowest BCUT2D eigenvalue weighted by Gasteiger charge is -2.10. The number of nitrogens with two attached hydrogens (primary N) is 1. The third-order valence-electron chi connectivity index (χ3n) is 5.27. The van der Waals surface area contributed by atoms with Crippen LogP contribution in [0.4, 0.5) is 11.4 Å². The summed E-state index contributed by atoms with van der Waals surface area (Å²) in [4.78, 5) is 10.4. The lowest BCUT2D eigenvalue weighted by molar-refractivity contribution is -0.384. The second kappa shape index (κ2) is 8.06. The van der Waals surface area contributed by atoms with E-state index in [4.69, 9.17) is 5.73 Å². The van der Waals surface area contributed by atoms with Crippen LogP contribution in [-0.4, -0.2) is 14.1 Å². The molecule has 4 aromatic rings. The first kappa shape index (κ1) is 21.2. The highest BCUT2D eigenvalue weighted by Crippen LogP contribution is 2.30. The summed E-state index contributed by atoms with van der Waals surface area (Å²) in [5, 5.41) is 12.9. The second-order valence-electron chi connectivity index (χ2n) is 8.02. The first-order valence-corrected chi connectivity index (χ1v) is 9.84. The number of aromatic nitrogens is 2. The van der Waals surface area contributed by atoms with E-state index in [2.05, 4.69) is 50.4 Å². The van der Waals surface area contributed by atoms with E-state index in [9.17, 15) is 10.1 Å². The first-order valence-electron chi connectivity index (χ1n) is 9.84. The van der Waals surface area contributed by atoms with E-state index in [1.807, 2.05) is 36.9 Å². The molecule has 0 unspecified atom stereocenters. The van der Waals surface area contributed by atoms with Crippen molar-refractivity contribution in [2.45, 2.75) is 26.7 Å². The SMILES string of the molecule is C=C(C)c1cc([N+](=O)[O-])cc2ccn(C)c12.CC(C)c1cc(N)cc2ccn(C)c12. The van der Waals surface area contributed by atoms with Gasteiger partial charge in [0.2, 0.25) is 0 Å². The third kappa shape index (κ3) is 3.94. The fourth-order valence-corrected chi connectivity index (χ4v) is 3.80. The van der Waals surface area contributed by atoms with Crippen molar-refractivity contribution in [3.63, 3.8) is 0 Å². The van der Waals surface area contributed by atoms with E-state index in [1.54, 1.807) is 12.1 Å². The monoisotopic (exact) mass is 404 g/mol. The Kier molecular flexibility index (Phi) is 5.69. The number of nitrogens with zero attached hydrogens (tertiary/aromatic N) is 3. The van der Waals surface area contributed by atoms with Crippen LogP contribution >= 0.6 is 0 Å². The number of non-ortho nitro benzene ring substituents is 1. The van der Waals surface area contributed by atoms with Gasteiger partial charge in [-0.3, -0.25) is 10.1 Å².